The van der Waals surface area contributed by atoms with E-state index in [0.29, 0.717) is 0 Å². The Morgan fingerprint density at radius 3 is 2.00 bits per heavy atom. The molecule has 2 N–H and O–H groups in total. The van der Waals surface area contributed by atoms with Gasteiger partial charge in [0.25, 0.3) is 11.8 Å². The first-order valence-electron chi connectivity index (χ1n) is 7.90. The Bertz CT molecular complexity index is 872. The lowest BCUT2D eigenvalue weighted by molar-refractivity contribution is -0.137. The van der Waals surface area contributed by atoms with Gasteiger partial charge >= 0.3 is 6.18 Å². The van der Waals surface area contributed by atoms with Gasteiger partial charge in [-0.05, 0) is 36.4 Å². The molecule has 2 rings (SSSR count). The highest BCUT2D eigenvalue weighted by atomic mass is 35.5. The van der Waals surface area contributed by atoms with Crippen molar-refractivity contribution in [3.8, 4) is 5.75 Å². The third-order valence-electron chi connectivity index (χ3n) is 3.66. The van der Waals surface area contributed by atoms with Gasteiger partial charge in [-0.25, -0.2) is 0 Å². The monoisotopic (exact) mass is 434 g/mol. The quantitative estimate of drug-likeness (QED) is 0.670. The van der Waals surface area contributed by atoms with Crippen molar-refractivity contribution in [3.63, 3.8) is 0 Å². The van der Waals surface area contributed by atoms with Crippen molar-refractivity contribution in [1.82, 2.24) is 10.6 Å². The lowest BCUT2D eigenvalue weighted by Gasteiger charge is -2.13. The van der Waals surface area contributed by atoms with E-state index in [9.17, 15) is 22.8 Å². The molecular formula is C18H15Cl2F3N2O3. The summed E-state index contributed by atoms with van der Waals surface area (Å²) in [4.78, 5) is 24.2. The summed E-state index contributed by atoms with van der Waals surface area (Å²) in [5.74, 6) is -0.991. The second-order valence-corrected chi connectivity index (χ2v) is 6.34. The topological polar surface area (TPSA) is 67.4 Å². The first-order chi connectivity index (χ1) is 13.1. The Labute approximate surface area is 168 Å². The van der Waals surface area contributed by atoms with E-state index in [1.165, 1.54) is 19.2 Å². The van der Waals surface area contributed by atoms with Gasteiger partial charge in [0.2, 0.25) is 0 Å². The second kappa shape index (κ2) is 9.16. The van der Waals surface area contributed by atoms with Gasteiger partial charge < -0.3 is 15.4 Å². The maximum atomic E-state index is 12.5. The number of carbonyl (C=O) groups excluding carboxylic acids is 2. The fraction of sp³-hybridized carbons (Fsp3) is 0.222. The van der Waals surface area contributed by atoms with Crippen molar-refractivity contribution < 1.29 is 27.5 Å². The second-order valence-electron chi connectivity index (χ2n) is 5.52. The highest BCUT2D eigenvalue weighted by Gasteiger charge is 2.30. The fourth-order valence-electron chi connectivity index (χ4n) is 2.30. The van der Waals surface area contributed by atoms with Crippen molar-refractivity contribution >= 4 is 35.0 Å². The van der Waals surface area contributed by atoms with Crippen molar-refractivity contribution in [2.24, 2.45) is 0 Å². The number of amides is 2. The molecule has 0 radical (unpaired) electrons. The summed E-state index contributed by atoms with van der Waals surface area (Å²) in [6, 6.07) is 6.74. The zero-order valence-corrected chi connectivity index (χ0v) is 16.0. The van der Waals surface area contributed by atoms with Crippen LogP contribution < -0.4 is 15.4 Å². The van der Waals surface area contributed by atoms with Crippen LogP contribution in [-0.2, 0) is 6.18 Å². The van der Waals surface area contributed by atoms with E-state index >= 15 is 0 Å². The van der Waals surface area contributed by atoms with E-state index in [1.807, 2.05) is 0 Å². The number of ether oxygens (including phenoxy) is 1. The number of nitrogens with one attached hydrogen (secondary N) is 2. The van der Waals surface area contributed by atoms with Crippen LogP contribution in [0.5, 0.6) is 5.75 Å². The molecule has 0 aliphatic carbocycles. The number of methoxy groups -OCH3 is 1. The minimum Gasteiger partial charge on any atom is -0.494 e. The molecular weight excluding hydrogens is 420 g/mol. The Hall–Kier alpha value is -2.45. The molecule has 0 atom stereocenters. The van der Waals surface area contributed by atoms with Crippen LogP contribution in [-0.4, -0.2) is 32.0 Å². The van der Waals surface area contributed by atoms with Crippen LogP contribution in [0.1, 0.15) is 26.3 Å². The molecule has 0 bridgehead atoms. The molecule has 5 nitrogen and oxygen atoms in total. The third kappa shape index (κ3) is 5.30. The summed E-state index contributed by atoms with van der Waals surface area (Å²) in [7, 11) is 1.35. The van der Waals surface area contributed by atoms with E-state index < -0.39 is 23.6 Å². The summed E-state index contributed by atoms with van der Waals surface area (Å²) in [6.07, 6.45) is -4.47. The molecule has 2 aromatic carbocycles. The summed E-state index contributed by atoms with van der Waals surface area (Å²) in [6.45, 7) is 0.100. The van der Waals surface area contributed by atoms with Gasteiger partial charge in [0, 0.05) is 18.7 Å². The number of hydrogen-bond donors (Lipinski definition) is 2. The molecule has 150 valence electrons. The lowest BCUT2D eigenvalue weighted by atomic mass is 10.1. The van der Waals surface area contributed by atoms with Crippen LogP contribution in [0.4, 0.5) is 13.2 Å². The average molecular weight is 435 g/mol. The summed E-state index contributed by atoms with van der Waals surface area (Å²) in [5, 5.41) is 5.41. The molecule has 28 heavy (non-hydrogen) atoms. The largest absolute Gasteiger partial charge is 0.494 e. The molecule has 0 saturated carbocycles. The van der Waals surface area contributed by atoms with Gasteiger partial charge in [-0.3, -0.25) is 9.59 Å². The highest BCUT2D eigenvalue weighted by Crippen LogP contribution is 2.33. The number of carbonyl (C=O) groups is 2. The van der Waals surface area contributed by atoms with Crippen LogP contribution in [0, 0.1) is 0 Å². The normalized spacial score (nSPS) is 11.1. The number of halogens is 5. The van der Waals surface area contributed by atoms with Crippen LogP contribution >= 0.6 is 23.2 Å². The lowest BCUT2D eigenvalue weighted by Crippen LogP contribution is -2.35. The Morgan fingerprint density at radius 1 is 0.929 bits per heavy atom. The van der Waals surface area contributed by atoms with Gasteiger partial charge in [-0.2, -0.15) is 13.2 Å². The molecule has 2 amide bonds. The predicted octanol–water partition coefficient (Wildman–Crippen LogP) is 4.18. The molecule has 0 fully saturated rings. The van der Waals surface area contributed by atoms with Crippen LogP contribution in [0.3, 0.4) is 0 Å². The molecule has 0 aliphatic rings. The first kappa shape index (κ1) is 21.8. The molecule has 0 unspecified atom stereocenters. The van der Waals surface area contributed by atoms with Gasteiger partial charge in [0.05, 0.1) is 22.7 Å². The summed E-state index contributed by atoms with van der Waals surface area (Å²) >= 11 is 12.0. The number of hydrogen-bond acceptors (Lipinski definition) is 3. The Balaban J connectivity index is 1.90. The van der Waals surface area contributed by atoms with Gasteiger partial charge in [-0.15, -0.1) is 0 Å². The molecule has 10 heteroatoms. The molecule has 0 spiro atoms. The van der Waals surface area contributed by atoms with Crippen molar-refractivity contribution in [2.45, 2.75) is 6.18 Å². The summed E-state index contributed by atoms with van der Waals surface area (Å²) < 4.78 is 42.7. The minimum absolute atomic E-state index is 0.0477. The zero-order valence-electron chi connectivity index (χ0n) is 14.5. The fourth-order valence-corrected chi connectivity index (χ4v) is 2.77. The molecule has 2 aromatic rings. The van der Waals surface area contributed by atoms with E-state index in [4.69, 9.17) is 27.9 Å². The SMILES string of the molecule is COc1c(Cl)ccc(Cl)c1C(=O)NCCNC(=O)c1ccc(C(F)(F)F)cc1. The van der Waals surface area contributed by atoms with E-state index in [2.05, 4.69) is 10.6 Å². The van der Waals surface area contributed by atoms with Gasteiger partial charge in [0.1, 0.15) is 5.56 Å². The summed E-state index contributed by atoms with van der Waals surface area (Å²) in [5.41, 5.74) is -0.715. The number of alkyl halides is 3. The van der Waals surface area contributed by atoms with Crippen molar-refractivity contribution in [1.29, 1.82) is 0 Å². The zero-order chi connectivity index (χ0) is 20.9. The van der Waals surface area contributed by atoms with Gasteiger partial charge in [0.15, 0.2) is 5.75 Å². The van der Waals surface area contributed by atoms with E-state index in [1.54, 1.807) is 0 Å². The van der Waals surface area contributed by atoms with Gasteiger partial charge in [-0.1, -0.05) is 23.2 Å². The van der Waals surface area contributed by atoms with E-state index in [0.717, 1.165) is 24.3 Å². The molecule has 0 saturated heterocycles. The van der Waals surface area contributed by atoms with Crippen molar-refractivity contribution in [3.05, 3.63) is 63.1 Å². The molecule has 0 aliphatic heterocycles. The smallest absolute Gasteiger partial charge is 0.416 e. The molecule has 0 heterocycles. The average Bonchev–Trinajstić information content (AvgIpc) is 2.65. The molecule has 0 aromatic heterocycles. The Morgan fingerprint density at radius 2 is 1.46 bits per heavy atom. The van der Waals surface area contributed by atoms with Crippen LogP contribution in [0.15, 0.2) is 36.4 Å². The van der Waals surface area contributed by atoms with Crippen LogP contribution in [0.25, 0.3) is 0 Å². The third-order valence-corrected chi connectivity index (χ3v) is 4.27. The first-order valence-corrected chi connectivity index (χ1v) is 8.66. The van der Waals surface area contributed by atoms with E-state index in [-0.39, 0.29) is 40.0 Å². The van der Waals surface area contributed by atoms with Crippen molar-refractivity contribution in [2.75, 3.05) is 20.2 Å². The number of benzene rings is 2. The number of rotatable bonds is 6. The maximum absolute atomic E-state index is 12.5. The maximum Gasteiger partial charge on any atom is 0.416 e. The standard InChI is InChI=1S/C18H15Cl2F3N2O3/c1-28-15-13(20)7-6-12(19)14(15)17(27)25-9-8-24-16(26)10-2-4-11(5-3-10)18(21,22)23/h2-7H,8-9H2,1H3,(H,24,26)(H,25,27). The predicted molar refractivity (Wildman–Crippen MR) is 99.1 cm³/mol. The van der Waals surface area contributed by atoms with Crippen LogP contribution in [0.2, 0.25) is 10.0 Å². The minimum atomic E-state index is -4.47. The Kier molecular flexibility index (Phi) is 7.15. The highest BCUT2D eigenvalue weighted by molar-refractivity contribution is 6.37.